The number of amidine groups is 1. The van der Waals surface area contributed by atoms with Crippen LogP contribution in [0, 0.1) is 5.92 Å². The maximum absolute atomic E-state index is 4.06. The zero-order valence-electron chi connectivity index (χ0n) is 8.10. The van der Waals surface area contributed by atoms with Crippen LogP contribution < -0.4 is 5.32 Å². The molecule has 0 saturated heterocycles. The zero-order valence-corrected chi connectivity index (χ0v) is 8.10. The summed E-state index contributed by atoms with van der Waals surface area (Å²) in [5.74, 6) is 1.54. The van der Waals surface area contributed by atoms with E-state index in [1.165, 1.54) is 5.57 Å². The highest BCUT2D eigenvalue weighted by Crippen LogP contribution is 2.06. The number of nitrogens with one attached hydrogen (secondary N) is 1. The van der Waals surface area contributed by atoms with Crippen molar-refractivity contribution in [1.29, 1.82) is 0 Å². The summed E-state index contributed by atoms with van der Waals surface area (Å²) in [6, 6.07) is 0. The molecule has 0 aliphatic carbocycles. The summed E-state index contributed by atoms with van der Waals surface area (Å²) in [5.41, 5.74) is 1.35. The molecule has 11 heavy (non-hydrogen) atoms. The molecule has 0 atom stereocenters. The van der Waals surface area contributed by atoms with Crippen LogP contribution in [0.5, 0.6) is 0 Å². The second kappa shape index (κ2) is 4.94. The van der Waals surface area contributed by atoms with Gasteiger partial charge in [-0.15, -0.1) is 0 Å². The first-order valence-corrected chi connectivity index (χ1v) is 3.94. The lowest BCUT2D eigenvalue weighted by molar-refractivity contribution is 0.770. The van der Waals surface area contributed by atoms with Gasteiger partial charge in [-0.2, -0.15) is 0 Å². The Kier molecular flexibility index (Phi) is 4.59. The predicted octanol–water partition coefficient (Wildman–Crippen LogP) is 1.84. The fraction of sp³-hybridized carbons (Fsp3) is 0.667. The predicted molar refractivity (Wildman–Crippen MR) is 51.0 cm³/mol. The molecule has 0 fully saturated rings. The van der Waals surface area contributed by atoms with Crippen LogP contribution in [0.3, 0.4) is 0 Å². The van der Waals surface area contributed by atoms with E-state index in [0.717, 1.165) is 5.84 Å². The molecule has 0 amide bonds. The average Bonchev–Trinajstić information content (AvgIpc) is 1.99. The maximum atomic E-state index is 4.06. The highest BCUT2D eigenvalue weighted by atomic mass is 14.9. The van der Waals surface area contributed by atoms with E-state index in [1.54, 1.807) is 7.05 Å². The quantitative estimate of drug-likeness (QED) is 0.476. The van der Waals surface area contributed by atoms with Gasteiger partial charge in [0.2, 0.25) is 0 Å². The molecule has 0 aromatic carbocycles. The molecule has 2 nitrogen and oxygen atoms in total. The van der Waals surface area contributed by atoms with Crippen molar-refractivity contribution in [2.24, 2.45) is 10.9 Å². The fourth-order valence-corrected chi connectivity index (χ4v) is 0.631. The van der Waals surface area contributed by atoms with Crippen molar-refractivity contribution in [2.75, 3.05) is 14.1 Å². The van der Waals surface area contributed by atoms with Gasteiger partial charge < -0.3 is 5.32 Å². The maximum Gasteiger partial charge on any atom is 0.120 e. The number of hydrogen-bond acceptors (Lipinski definition) is 1. The summed E-state index contributed by atoms with van der Waals surface area (Å²) < 4.78 is 0. The summed E-state index contributed by atoms with van der Waals surface area (Å²) in [4.78, 5) is 4.06. The number of nitrogens with zero attached hydrogens (tertiary/aromatic N) is 1. The van der Waals surface area contributed by atoms with Gasteiger partial charge in [-0.25, -0.2) is 0 Å². The number of hydrogen-bond donors (Lipinski definition) is 1. The second-order valence-electron chi connectivity index (χ2n) is 2.90. The Morgan fingerprint density at radius 1 is 1.45 bits per heavy atom. The van der Waals surface area contributed by atoms with E-state index in [-0.39, 0.29) is 0 Å². The van der Waals surface area contributed by atoms with Gasteiger partial charge in [0.05, 0.1) is 0 Å². The Hall–Kier alpha value is -0.790. The minimum Gasteiger partial charge on any atom is -0.373 e. The van der Waals surface area contributed by atoms with Crippen LogP contribution in [0.2, 0.25) is 0 Å². The van der Waals surface area contributed by atoms with Crippen molar-refractivity contribution in [3.63, 3.8) is 0 Å². The van der Waals surface area contributed by atoms with Crippen molar-refractivity contribution in [2.45, 2.75) is 20.8 Å². The van der Waals surface area contributed by atoms with E-state index in [4.69, 9.17) is 0 Å². The zero-order chi connectivity index (χ0) is 8.85. The Bertz CT molecular complexity index is 166. The van der Waals surface area contributed by atoms with E-state index in [1.807, 2.05) is 7.05 Å². The van der Waals surface area contributed by atoms with Gasteiger partial charge in [0.15, 0.2) is 0 Å². The van der Waals surface area contributed by atoms with E-state index in [9.17, 15) is 0 Å². The molecule has 0 aromatic rings. The van der Waals surface area contributed by atoms with E-state index in [2.05, 4.69) is 37.2 Å². The van der Waals surface area contributed by atoms with Crippen LogP contribution in [0.15, 0.2) is 16.6 Å². The molecule has 0 radical (unpaired) electrons. The highest BCUT2D eigenvalue weighted by molar-refractivity contribution is 5.93. The normalized spacial score (nSPS) is 14.0. The molecule has 2 heteroatoms. The Morgan fingerprint density at radius 3 is 2.27 bits per heavy atom. The number of likely N-dealkylation sites (N-methyl/N-ethyl adjacent to an activating group) is 1. The Labute approximate surface area is 69.4 Å². The van der Waals surface area contributed by atoms with Gasteiger partial charge in [0, 0.05) is 14.1 Å². The van der Waals surface area contributed by atoms with Crippen LogP contribution in [0.1, 0.15) is 20.8 Å². The van der Waals surface area contributed by atoms with Crippen molar-refractivity contribution in [1.82, 2.24) is 5.32 Å². The number of aliphatic imine (C=N–C) groups is 1. The van der Waals surface area contributed by atoms with Gasteiger partial charge in [-0.1, -0.05) is 19.4 Å². The average molecular weight is 154 g/mol. The molecule has 0 aromatic heterocycles. The summed E-state index contributed by atoms with van der Waals surface area (Å²) >= 11 is 0. The lowest BCUT2D eigenvalue weighted by Crippen LogP contribution is -2.16. The molecule has 0 heterocycles. The molecule has 0 aliphatic heterocycles. The topological polar surface area (TPSA) is 24.4 Å². The lowest BCUT2D eigenvalue weighted by atomic mass is 10.1. The molecular formula is C9H18N2. The van der Waals surface area contributed by atoms with Crippen LogP contribution >= 0.6 is 0 Å². The minimum atomic E-state index is 0.597. The number of rotatable bonds is 2. The summed E-state index contributed by atoms with van der Waals surface area (Å²) in [5, 5.41) is 3.01. The van der Waals surface area contributed by atoms with E-state index < -0.39 is 0 Å². The molecule has 0 aliphatic rings. The standard InChI is InChI=1S/C9H18N2/c1-7(2)8(3)6-9(10-4)11-5/h6-7H,1-5H3,(H,10,11)/b8-6+. The summed E-state index contributed by atoms with van der Waals surface area (Å²) in [6.45, 7) is 6.47. The minimum absolute atomic E-state index is 0.597. The monoisotopic (exact) mass is 154 g/mol. The van der Waals surface area contributed by atoms with E-state index in [0.29, 0.717) is 5.92 Å². The molecule has 0 bridgehead atoms. The fourth-order valence-electron chi connectivity index (χ4n) is 0.631. The Morgan fingerprint density at radius 2 is 2.00 bits per heavy atom. The van der Waals surface area contributed by atoms with Crippen molar-refractivity contribution >= 4 is 5.84 Å². The first-order valence-electron chi connectivity index (χ1n) is 3.94. The van der Waals surface area contributed by atoms with Crippen molar-refractivity contribution in [3.8, 4) is 0 Å². The third kappa shape index (κ3) is 3.81. The number of allylic oxidation sites excluding steroid dienone is 1. The summed E-state index contributed by atoms with van der Waals surface area (Å²) in [6.07, 6.45) is 2.07. The molecule has 0 spiro atoms. The van der Waals surface area contributed by atoms with E-state index >= 15 is 0 Å². The molecule has 64 valence electrons. The van der Waals surface area contributed by atoms with Gasteiger partial charge in [-0.05, 0) is 18.9 Å². The largest absolute Gasteiger partial charge is 0.373 e. The first-order chi connectivity index (χ1) is 5.11. The third-order valence-corrected chi connectivity index (χ3v) is 1.77. The SMILES string of the molecule is CN=C(/C=C(\C)C(C)C)NC. The second-order valence-corrected chi connectivity index (χ2v) is 2.90. The highest BCUT2D eigenvalue weighted by Gasteiger charge is 1.96. The Balaban J connectivity index is 4.28. The van der Waals surface area contributed by atoms with Crippen LogP contribution in [-0.4, -0.2) is 19.9 Å². The van der Waals surface area contributed by atoms with Crippen molar-refractivity contribution < 1.29 is 0 Å². The van der Waals surface area contributed by atoms with Gasteiger partial charge >= 0.3 is 0 Å². The van der Waals surface area contributed by atoms with Crippen LogP contribution in [-0.2, 0) is 0 Å². The molecule has 0 unspecified atom stereocenters. The third-order valence-electron chi connectivity index (χ3n) is 1.77. The molecular weight excluding hydrogens is 136 g/mol. The summed E-state index contributed by atoms with van der Waals surface area (Å²) in [7, 11) is 3.67. The lowest BCUT2D eigenvalue weighted by Gasteiger charge is -2.05. The van der Waals surface area contributed by atoms with Crippen LogP contribution in [0.4, 0.5) is 0 Å². The van der Waals surface area contributed by atoms with Crippen LogP contribution in [0.25, 0.3) is 0 Å². The molecule has 1 N–H and O–H groups in total. The van der Waals surface area contributed by atoms with Gasteiger partial charge in [0.1, 0.15) is 5.84 Å². The van der Waals surface area contributed by atoms with Gasteiger partial charge in [-0.3, -0.25) is 4.99 Å². The molecule has 0 saturated carbocycles. The smallest absolute Gasteiger partial charge is 0.120 e. The van der Waals surface area contributed by atoms with Crippen molar-refractivity contribution in [3.05, 3.63) is 11.6 Å². The first kappa shape index (κ1) is 10.2. The molecule has 0 rings (SSSR count). The van der Waals surface area contributed by atoms with Gasteiger partial charge in [0.25, 0.3) is 0 Å².